The molecular formula is C17H13ClN2OS. The van der Waals surface area contributed by atoms with Crippen molar-refractivity contribution in [2.45, 2.75) is 11.8 Å². The summed E-state index contributed by atoms with van der Waals surface area (Å²) in [5, 5.41) is 1.67. The first-order valence-corrected chi connectivity index (χ1v) is 8.24. The molecule has 22 heavy (non-hydrogen) atoms. The van der Waals surface area contributed by atoms with Gasteiger partial charge in [-0.15, -0.1) is 0 Å². The number of rotatable bonds is 2. The van der Waals surface area contributed by atoms with Crippen molar-refractivity contribution in [1.29, 1.82) is 0 Å². The first-order chi connectivity index (χ1) is 10.8. The Morgan fingerprint density at radius 2 is 2.14 bits per heavy atom. The van der Waals surface area contributed by atoms with Gasteiger partial charge in [-0.1, -0.05) is 11.6 Å². The zero-order chi connectivity index (χ0) is 15.1. The predicted molar refractivity (Wildman–Crippen MR) is 92.8 cm³/mol. The van der Waals surface area contributed by atoms with Gasteiger partial charge in [0.15, 0.2) is 0 Å². The van der Waals surface area contributed by atoms with E-state index in [1.54, 1.807) is 18.1 Å². The minimum atomic E-state index is 0.650. The molecule has 0 saturated heterocycles. The fourth-order valence-electron chi connectivity index (χ4n) is 2.69. The van der Waals surface area contributed by atoms with Crippen molar-refractivity contribution < 1.29 is 4.74 Å². The smallest absolute Gasteiger partial charge is 0.119 e. The van der Waals surface area contributed by atoms with E-state index in [1.807, 2.05) is 31.2 Å². The molecule has 0 spiro atoms. The van der Waals surface area contributed by atoms with E-state index >= 15 is 0 Å². The summed E-state index contributed by atoms with van der Waals surface area (Å²) in [5.41, 5.74) is 4.08. The fraction of sp³-hybridized carbons (Fsp3) is 0.118. The van der Waals surface area contributed by atoms with Crippen LogP contribution in [0.15, 0.2) is 47.5 Å². The Morgan fingerprint density at radius 3 is 3.00 bits per heavy atom. The molecule has 0 amide bonds. The van der Waals surface area contributed by atoms with Crippen LogP contribution in [-0.2, 0) is 0 Å². The number of anilines is 1. The molecule has 1 aliphatic heterocycles. The molecule has 0 aliphatic carbocycles. The second-order valence-electron chi connectivity index (χ2n) is 4.98. The van der Waals surface area contributed by atoms with Crippen molar-refractivity contribution in [3.05, 3.63) is 47.6 Å². The van der Waals surface area contributed by atoms with E-state index in [9.17, 15) is 0 Å². The summed E-state index contributed by atoms with van der Waals surface area (Å²) in [5.74, 6) is 0.868. The Balaban J connectivity index is 1.99. The van der Waals surface area contributed by atoms with Crippen molar-refractivity contribution in [2.24, 2.45) is 0 Å². The maximum absolute atomic E-state index is 6.46. The van der Waals surface area contributed by atoms with Crippen LogP contribution in [0.25, 0.3) is 22.0 Å². The van der Waals surface area contributed by atoms with E-state index < -0.39 is 0 Å². The molecule has 0 atom stereocenters. The molecule has 3 nitrogen and oxygen atoms in total. The third kappa shape index (κ3) is 2.11. The van der Waals surface area contributed by atoms with Gasteiger partial charge in [0.05, 0.1) is 22.8 Å². The van der Waals surface area contributed by atoms with E-state index in [1.165, 1.54) is 0 Å². The summed E-state index contributed by atoms with van der Waals surface area (Å²) in [4.78, 5) is 5.65. The Labute approximate surface area is 137 Å². The summed E-state index contributed by atoms with van der Waals surface area (Å²) in [7, 11) is 0. The molecule has 5 heteroatoms. The number of hydrogen-bond donors (Lipinski definition) is 1. The third-order valence-electron chi connectivity index (χ3n) is 3.66. The van der Waals surface area contributed by atoms with Gasteiger partial charge in [0.2, 0.25) is 0 Å². The SMILES string of the molecule is CCOc1ccc2c(c1)-c1cc(Cl)c3cccnc3c1NS2. The molecule has 0 unspecified atom stereocenters. The zero-order valence-electron chi connectivity index (χ0n) is 11.9. The first-order valence-electron chi connectivity index (χ1n) is 7.05. The van der Waals surface area contributed by atoms with Gasteiger partial charge in [-0.2, -0.15) is 0 Å². The molecule has 2 heterocycles. The lowest BCUT2D eigenvalue weighted by Crippen LogP contribution is -2.02. The van der Waals surface area contributed by atoms with Gasteiger partial charge in [0.1, 0.15) is 5.75 Å². The van der Waals surface area contributed by atoms with Crippen LogP contribution in [-0.4, -0.2) is 11.6 Å². The lowest BCUT2D eigenvalue weighted by atomic mass is 10.0. The Hall–Kier alpha value is -1.91. The van der Waals surface area contributed by atoms with Gasteiger partial charge in [-0.25, -0.2) is 0 Å². The van der Waals surface area contributed by atoms with Crippen molar-refractivity contribution in [3.63, 3.8) is 0 Å². The Kier molecular flexibility index (Phi) is 3.36. The van der Waals surface area contributed by atoms with Crippen LogP contribution in [0.4, 0.5) is 5.69 Å². The van der Waals surface area contributed by atoms with Crippen LogP contribution in [0, 0.1) is 0 Å². The van der Waals surface area contributed by atoms with Gasteiger partial charge in [-0.05, 0) is 55.3 Å². The van der Waals surface area contributed by atoms with Crippen LogP contribution in [0.2, 0.25) is 5.02 Å². The lowest BCUT2D eigenvalue weighted by Gasteiger charge is -2.22. The number of pyridine rings is 1. The molecule has 1 aliphatic rings. The van der Waals surface area contributed by atoms with Crippen LogP contribution in [0.5, 0.6) is 5.75 Å². The van der Waals surface area contributed by atoms with Gasteiger partial charge >= 0.3 is 0 Å². The van der Waals surface area contributed by atoms with Crippen molar-refractivity contribution >= 4 is 40.1 Å². The molecule has 0 fully saturated rings. The highest BCUT2D eigenvalue weighted by Crippen LogP contribution is 2.47. The highest BCUT2D eigenvalue weighted by Gasteiger charge is 2.21. The number of aromatic nitrogens is 1. The summed E-state index contributed by atoms with van der Waals surface area (Å²) in [6.45, 7) is 2.63. The number of benzene rings is 2. The molecule has 0 saturated carbocycles. The zero-order valence-corrected chi connectivity index (χ0v) is 13.5. The summed E-state index contributed by atoms with van der Waals surface area (Å²) in [6, 6.07) is 12.0. The number of nitrogens with zero attached hydrogens (tertiary/aromatic N) is 1. The molecule has 2 aromatic carbocycles. The molecule has 4 rings (SSSR count). The number of halogens is 1. The molecule has 1 N–H and O–H groups in total. The molecule has 0 bridgehead atoms. The highest BCUT2D eigenvalue weighted by atomic mass is 35.5. The summed E-state index contributed by atoms with van der Waals surface area (Å²) in [6.07, 6.45) is 1.79. The maximum Gasteiger partial charge on any atom is 0.119 e. The third-order valence-corrected chi connectivity index (χ3v) is 4.85. The van der Waals surface area contributed by atoms with E-state index in [2.05, 4.69) is 21.8 Å². The van der Waals surface area contributed by atoms with Crippen molar-refractivity contribution in [3.8, 4) is 16.9 Å². The van der Waals surface area contributed by atoms with E-state index in [0.29, 0.717) is 11.6 Å². The monoisotopic (exact) mass is 328 g/mol. The van der Waals surface area contributed by atoms with Crippen molar-refractivity contribution in [2.75, 3.05) is 11.3 Å². The minimum Gasteiger partial charge on any atom is -0.494 e. The average Bonchev–Trinajstić information content (AvgIpc) is 2.55. The normalized spacial score (nSPS) is 12.5. The topological polar surface area (TPSA) is 34.1 Å². The lowest BCUT2D eigenvalue weighted by molar-refractivity contribution is 0.340. The van der Waals surface area contributed by atoms with Gasteiger partial charge in [-0.3, -0.25) is 4.98 Å². The Bertz CT molecular complexity index is 882. The summed E-state index contributed by atoms with van der Waals surface area (Å²) >= 11 is 8.05. The van der Waals surface area contributed by atoms with Crippen LogP contribution < -0.4 is 9.46 Å². The van der Waals surface area contributed by atoms with Crippen molar-refractivity contribution in [1.82, 2.24) is 4.98 Å². The quantitative estimate of drug-likeness (QED) is 0.640. The maximum atomic E-state index is 6.46. The number of fused-ring (bicyclic) bond motifs is 5. The fourth-order valence-corrected chi connectivity index (χ4v) is 3.78. The van der Waals surface area contributed by atoms with Crippen LogP contribution in [0.3, 0.4) is 0 Å². The Morgan fingerprint density at radius 1 is 1.23 bits per heavy atom. The second kappa shape index (κ2) is 5.38. The molecule has 3 aromatic rings. The van der Waals surface area contributed by atoms with Crippen LogP contribution >= 0.6 is 23.5 Å². The first kappa shape index (κ1) is 13.7. The summed E-state index contributed by atoms with van der Waals surface area (Å²) < 4.78 is 9.02. The second-order valence-corrected chi connectivity index (χ2v) is 6.23. The van der Waals surface area contributed by atoms with E-state index in [4.69, 9.17) is 16.3 Å². The van der Waals surface area contributed by atoms with Gasteiger partial charge in [0, 0.05) is 27.6 Å². The van der Waals surface area contributed by atoms with Crippen LogP contribution in [0.1, 0.15) is 6.92 Å². The van der Waals surface area contributed by atoms with Gasteiger partial charge < -0.3 is 9.46 Å². The molecule has 1 aromatic heterocycles. The largest absolute Gasteiger partial charge is 0.494 e. The number of nitrogens with one attached hydrogen (secondary N) is 1. The predicted octanol–water partition coefficient (Wildman–Crippen LogP) is 5.39. The molecule has 0 radical (unpaired) electrons. The molecular weight excluding hydrogens is 316 g/mol. The van der Waals surface area contributed by atoms with E-state index in [-0.39, 0.29) is 0 Å². The van der Waals surface area contributed by atoms with Gasteiger partial charge in [0.25, 0.3) is 0 Å². The van der Waals surface area contributed by atoms with E-state index in [0.717, 1.165) is 38.4 Å². The average molecular weight is 329 g/mol. The standard InChI is InChI=1S/C17H13ClN2OS/c1-2-21-10-5-6-15-12(8-10)13-9-14(18)11-4-3-7-19-16(11)17(13)20-22-15/h3-9,20H,2H2,1H3. The number of ether oxygens (including phenoxy) is 1. The highest BCUT2D eigenvalue weighted by molar-refractivity contribution is 8.00. The molecule has 110 valence electrons. The number of hydrogen-bond acceptors (Lipinski definition) is 4. The minimum absolute atomic E-state index is 0.650.